The number of carbonyl (C=O) groups excluding carboxylic acids is 1. The van der Waals surface area contributed by atoms with Gasteiger partial charge in [0.05, 0.1) is 19.9 Å². The van der Waals surface area contributed by atoms with Gasteiger partial charge in [-0.25, -0.2) is 4.79 Å². The quantitative estimate of drug-likeness (QED) is 0.767. The number of hydrogen-bond donors (Lipinski definition) is 1. The van der Waals surface area contributed by atoms with E-state index >= 15 is 0 Å². The van der Waals surface area contributed by atoms with Crippen LogP contribution < -0.4 is 5.32 Å². The highest BCUT2D eigenvalue weighted by molar-refractivity contribution is 5.87. The first-order valence-corrected chi connectivity index (χ1v) is 4.92. The Labute approximate surface area is 96.8 Å². The summed E-state index contributed by atoms with van der Waals surface area (Å²) in [4.78, 5) is 15.2. The summed E-state index contributed by atoms with van der Waals surface area (Å²) in [6.07, 6.45) is 2.70. The summed E-state index contributed by atoms with van der Waals surface area (Å²) >= 11 is 0. The molecule has 0 saturated carbocycles. The van der Waals surface area contributed by atoms with E-state index in [1.807, 2.05) is 0 Å². The van der Waals surface area contributed by atoms with E-state index < -0.39 is 5.97 Å². The Hall–Kier alpha value is -2.15. The number of nitrogens with zero attached hydrogens (tertiary/aromatic N) is 2. The Morgan fingerprint density at radius 2 is 2.41 bits per heavy atom. The first kappa shape index (κ1) is 11.3. The molecule has 2 aromatic heterocycles. The van der Waals surface area contributed by atoms with E-state index in [0.29, 0.717) is 18.9 Å². The molecular weight excluding hydrogens is 226 g/mol. The Morgan fingerprint density at radius 1 is 1.53 bits per heavy atom. The lowest BCUT2D eigenvalue weighted by molar-refractivity contribution is 0.0563. The van der Waals surface area contributed by atoms with Gasteiger partial charge in [0.25, 0.3) is 0 Å². The van der Waals surface area contributed by atoms with Gasteiger partial charge in [-0.05, 0) is 6.07 Å². The maximum Gasteiger partial charge on any atom is 0.374 e. The number of esters is 1. The molecule has 0 bridgehead atoms. The molecule has 90 valence electrons. The van der Waals surface area contributed by atoms with Crippen LogP contribution in [0.2, 0.25) is 0 Å². The fourth-order valence-corrected chi connectivity index (χ4v) is 1.33. The van der Waals surface area contributed by atoms with Crippen LogP contribution in [0.15, 0.2) is 27.7 Å². The number of rotatable bonds is 5. The van der Waals surface area contributed by atoms with Crippen LogP contribution in [0.25, 0.3) is 0 Å². The van der Waals surface area contributed by atoms with Crippen molar-refractivity contribution < 1.29 is 18.5 Å². The minimum absolute atomic E-state index is 0.202. The molecule has 0 aliphatic carbocycles. The van der Waals surface area contributed by atoms with E-state index in [4.69, 9.17) is 4.42 Å². The molecular formula is C10H11N3O4. The van der Waals surface area contributed by atoms with Crippen LogP contribution in [0.1, 0.15) is 21.9 Å². The number of carbonyl (C=O) groups is 1. The lowest BCUT2D eigenvalue weighted by Crippen LogP contribution is -2.15. The summed E-state index contributed by atoms with van der Waals surface area (Å²) in [5.41, 5.74) is 0.723. The number of ether oxygens (including phenoxy) is 1. The molecule has 0 aromatic carbocycles. The lowest BCUT2D eigenvalue weighted by atomic mass is 10.2. The van der Waals surface area contributed by atoms with E-state index in [-0.39, 0.29) is 5.76 Å². The van der Waals surface area contributed by atoms with Crippen LogP contribution >= 0.6 is 0 Å². The fourth-order valence-electron chi connectivity index (χ4n) is 1.33. The molecule has 7 heteroatoms. The summed E-state index contributed by atoms with van der Waals surface area (Å²) in [6.45, 7) is 0.901. The molecule has 0 aliphatic heterocycles. The molecule has 2 aromatic rings. The van der Waals surface area contributed by atoms with Crippen LogP contribution in [0.4, 0.5) is 0 Å². The van der Waals surface area contributed by atoms with Crippen LogP contribution in [0, 0.1) is 0 Å². The molecule has 0 atom stereocenters. The summed E-state index contributed by atoms with van der Waals surface area (Å²) in [5, 5.41) is 6.70. The van der Waals surface area contributed by atoms with Crippen LogP contribution in [0.3, 0.4) is 0 Å². The van der Waals surface area contributed by atoms with Gasteiger partial charge in [0.2, 0.25) is 12.2 Å². The van der Waals surface area contributed by atoms with Gasteiger partial charge in [-0.1, -0.05) is 5.16 Å². The molecule has 1 N–H and O–H groups in total. The van der Waals surface area contributed by atoms with Crippen LogP contribution in [-0.4, -0.2) is 23.2 Å². The average Bonchev–Trinajstić information content (AvgIpc) is 2.99. The van der Waals surface area contributed by atoms with Crippen LogP contribution in [-0.2, 0) is 17.8 Å². The second kappa shape index (κ2) is 5.26. The van der Waals surface area contributed by atoms with Crippen molar-refractivity contribution in [2.45, 2.75) is 13.1 Å². The molecule has 17 heavy (non-hydrogen) atoms. The Balaban J connectivity index is 1.91. The van der Waals surface area contributed by atoms with Gasteiger partial charge >= 0.3 is 5.97 Å². The van der Waals surface area contributed by atoms with Gasteiger partial charge in [0.15, 0.2) is 5.82 Å². The maximum atomic E-state index is 11.3. The highest BCUT2D eigenvalue weighted by Crippen LogP contribution is 2.11. The number of methoxy groups -OCH3 is 1. The van der Waals surface area contributed by atoms with Crippen molar-refractivity contribution in [3.8, 4) is 0 Å². The first-order chi connectivity index (χ1) is 8.31. The number of nitrogens with one attached hydrogen (secondary N) is 1. The van der Waals surface area contributed by atoms with E-state index in [1.165, 1.54) is 19.8 Å². The Morgan fingerprint density at radius 3 is 3.12 bits per heavy atom. The van der Waals surface area contributed by atoms with Gasteiger partial charge in [0.1, 0.15) is 0 Å². The van der Waals surface area contributed by atoms with Gasteiger partial charge in [-0.15, -0.1) is 0 Å². The predicted octanol–water partition coefficient (Wildman–Crippen LogP) is 0.739. The molecule has 2 rings (SSSR count). The van der Waals surface area contributed by atoms with Crippen molar-refractivity contribution >= 4 is 5.97 Å². The average molecular weight is 237 g/mol. The van der Waals surface area contributed by atoms with Crippen molar-refractivity contribution in [3.63, 3.8) is 0 Å². The topological polar surface area (TPSA) is 90.4 Å². The second-order valence-electron chi connectivity index (χ2n) is 3.22. The van der Waals surface area contributed by atoms with E-state index in [2.05, 4.69) is 24.7 Å². The van der Waals surface area contributed by atoms with Gasteiger partial charge in [-0.3, -0.25) is 0 Å². The lowest BCUT2D eigenvalue weighted by Gasteiger charge is -2.01. The van der Waals surface area contributed by atoms with E-state index in [9.17, 15) is 4.79 Å². The minimum atomic E-state index is -0.494. The van der Waals surface area contributed by atoms with Crippen molar-refractivity contribution in [2.75, 3.05) is 7.11 Å². The van der Waals surface area contributed by atoms with Crippen molar-refractivity contribution in [1.82, 2.24) is 15.5 Å². The van der Waals surface area contributed by atoms with Crippen molar-refractivity contribution in [1.29, 1.82) is 0 Å². The maximum absolute atomic E-state index is 11.3. The molecule has 2 heterocycles. The fraction of sp³-hybridized carbons (Fsp3) is 0.300. The third-order valence-electron chi connectivity index (χ3n) is 2.12. The SMILES string of the molecule is COC(=O)c1occc1CNCc1ncon1. The second-order valence-corrected chi connectivity index (χ2v) is 3.22. The third kappa shape index (κ3) is 2.70. The highest BCUT2D eigenvalue weighted by atomic mass is 16.5. The molecule has 7 nitrogen and oxygen atoms in total. The van der Waals surface area contributed by atoms with Gasteiger partial charge < -0.3 is 19.0 Å². The van der Waals surface area contributed by atoms with E-state index in [1.54, 1.807) is 6.07 Å². The summed E-state index contributed by atoms with van der Waals surface area (Å²) in [5.74, 6) is 0.257. The van der Waals surface area contributed by atoms with Crippen LogP contribution in [0.5, 0.6) is 0 Å². The third-order valence-corrected chi connectivity index (χ3v) is 2.12. The standard InChI is InChI=1S/C10H11N3O4/c1-15-10(14)9-7(2-3-16-9)4-11-5-8-12-6-17-13-8/h2-3,6,11H,4-5H2,1H3. The molecule has 0 spiro atoms. The molecule has 0 saturated heterocycles. The summed E-state index contributed by atoms with van der Waals surface area (Å²) < 4.78 is 14.2. The predicted molar refractivity (Wildman–Crippen MR) is 54.9 cm³/mol. The molecule has 0 amide bonds. The number of furan rings is 1. The number of hydrogen-bond acceptors (Lipinski definition) is 7. The van der Waals surface area contributed by atoms with E-state index in [0.717, 1.165) is 5.56 Å². The highest BCUT2D eigenvalue weighted by Gasteiger charge is 2.15. The molecule has 0 aliphatic rings. The van der Waals surface area contributed by atoms with Gasteiger partial charge in [0, 0.05) is 12.1 Å². The summed E-state index contributed by atoms with van der Waals surface area (Å²) in [7, 11) is 1.31. The zero-order valence-corrected chi connectivity index (χ0v) is 9.17. The van der Waals surface area contributed by atoms with Crippen molar-refractivity contribution in [3.05, 3.63) is 35.9 Å². The largest absolute Gasteiger partial charge is 0.463 e. The zero-order chi connectivity index (χ0) is 12.1. The summed E-state index contributed by atoms with van der Waals surface area (Å²) in [6, 6.07) is 1.70. The molecule has 0 radical (unpaired) electrons. The Kier molecular flexibility index (Phi) is 3.51. The zero-order valence-electron chi connectivity index (χ0n) is 9.17. The molecule has 0 fully saturated rings. The first-order valence-electron chi connectivity index (χ1n) is 4.92. The Bertz CT molecular complexity index is 477. The smallest absolute Gasteiger partial charge is 0.374 e. The van der Waals surface area contributed by atoms with Crippen molar-refractivity contribution in [2.24, 2.45) is 0 Å². The number of aromatic nitrogens is 2. The normalized spacial score (nSPS) is 10.4. The minimum Gasteiger partial charge on any atom is -0.463 e. The van der Waals surface area contributed by atoms with Gasteiger partial charge in [-0.2, -0.15) is 4.98 Å². The monoisotopic (exact) mass is 237 g/mol. The molecule has 0 unspecified atom stereocenters.